The number of H-pyrrole nitrogens is 1. The fourth-order valence-electron chi connectivity index (χ4n) is 3.31. The maximum absolute atomic E-state index is 13.4. The van der Waals surface area contributed by atoms with E-state index in [1.807, 2.05) is 0 Å². The number of nitrogens with one attached hydrogen (secondary N) is 2. The van der Waals surface area contributed by atoms with E-state index in [1.54, 1.807) is 0 Å². The Hall–Kier alpha value is -3.37. The number of halogens is 4. The predicted molar refractivity (Wildman–Crippen MR) is 96.1 cm³/mol. The highest BCUT2D eigenvalue weighted by atomic mass is 19.3. The summed E-state index contributed by atoms with van der Waals surface area (Å²) >= 11 is 0. The van der Waals surface area contributed by atoms with Crippen LogP contribution in [0, 0.1) is 11.6 Å². The molecule has 0 radical (unpaired) electrons. The molecule has 0 bridgehead atoms. The van der Waals surface area contributed by atoms with E-state index < -0.39 is 35.9 Å². The minimum Gasteiger partial charge on any atom is -0.350 e. The monoisotopic (exact) mass is 424 g/mol. The minimum absolute atomic E-state index is 0.0262. The summed E-state index contributed by atoms with van der Waals surface area (Å²) in [7, 11) is 0. The van der Waals surface area contributed by atoms with Crippen molar-refractivity contribution in [1.82, 2.24) is 20.4 Å². The molecule has 0 saturated heterocycles. The molecule has 158 valence electrons. The third-order valence-electron chi connectivity index (χ3n) is 4.96. The van der Waals surface area contributed by atoms with Gasteiger partial charge in [0.15, 0.2) is 11.6 Å². The van der Waals surface area contributed by atoms with Crippen LogP contribution in [-0.2, 0) is 13.0 Å². The molecule has 3 aromatic rings. The van der Waals surface area contributed by atoms with Crippen molar-refractivity contribution in [1.29, 1.82) is 0 Å². The summed E-state index contributed by atoms with van der Waals surface area (Å²) in [6, 6.07) is 1.97. The lowest BCUT2D eigenvalue weighted by molar-refractivity contribution is 0.0716. The molecule has 1 aliphatic rings. The summed E-state index contributed by atoms with van der Waals surface area (Å²) in [5.41, 5.74) is 1.18. The van der Waals surface area contributed by atoms with Gasteiger partial charge in [-0.05, 0) is 19.1 Å². The first kappa shape index (κ1) is 19.9. The largest absolute Gasteiger partial charge is 0.350 e. The molecule has 1 aromatic carbocycles. The van der Waals surface area contributed by atoms with Gasteiger partial charge in [-0.15, -0.1) is 0 Å². The van der Waals surface area contributed by atoms with E-state index >= 15 is 0 Å². The number of hydrogen-bond donors (Lipinski definition) is 2. The summed E-state index contributed by atoms with van der Waals surface area (Å²) in [4.78, 5) is 29.3. The highest BCUT2D eigenvalue weighted by Crippen LogP contribution is 2.25. The summed E-state index contributed by atoms with van der Waals surface area (Å²) in [6.45, 7) is 1.40. The molecule has 2 aromatic heterocycles. The molecule has 1 aliphatic heterocycles. The molecular weight excluding hydrogens is 408 g/mol. The molecule has 0 fully saturated rings. The molecule has 3 heterocycles. The van der Waals surface area contributed by atoms with Gasteiger partial charge in [-0.3, -0.25) is 9.59 Å². The second-order valence-electron chi connectivity index (χ2n) is 7.05. The van der Waals surface area contributed by atoms with Crippen LogP contribution in [0.5, 0.6) is 0 Å². The van der Waals surface area contributed by atoms with Crippen LogP contribution in [0.4, 0.5) is 17.6 Å². The van der Waals surface area contributed by atoms with Crippen molar-refractivity contribution < 1.29 is 31.7 Å². The molecular formula is C19H16F4N4O3. The van der Waals surface area contributed by atoms with Crippen molar-refractivity contribution >= 4 is 22.7 Å². The number of amides is 2. The van der Waals surface area contributed by atoms with Crippen molar-refractivity contribution in [3.05, 3.63) is 52.5 Å². The van der Waals surface area contributed by atoms with Gasteiger partial charge < -0.3 is 19.7 Å². The molecule has 7 nitrogen and oxygen atoms in total. The standard InChI is InChI=1S/C19H16F4N4O3/c1-8(17(22)23)24-18(28)16-10-7-27(3-2-13(10)26-30-16)19(29)15-5-9-4-11(20)12(21)6-14(9)25-15/h4-6,8,17,25H,2-3,7H2,1H3,(H,24,28)/t8-/m1/s1. The Labute approximate surface area is 167 Å². The second-order valence-corrected chi connectivity index (χ2v) is 7.05. The number of aromatic nitrogens is 2. The van der Waals surface area contributed by atoms with E-state index in [0.717, 1.165) is 19.1 Å². The fourth-order valence-corrected chi connectivity index (χ4v) is 3.31. The van der Waals surface area contributed by atoms with Crippen LogP contribution >= 0.6 is 0 Å². The number of carbonyl (C=O) groups is 2. The highest BCUT2D eigenvalue weighted by Gasteiger charge is 2.31. The summed E-state index contributed by atoms with van der Waals surface area (Å²) < 4.78 is 57.3. The first-order chi connectivity index (χ1) is 14.2. The van der Waals surface area contributed by atoms with Crippen molar-refractivity contribution in [3.63, 3.8) is 0 Å². The quantitative estimate of drug-likeness (QED) is 0.630. The zero-order valence-electron chi connectivity index (χ0n) is 15.6. The van der Waals surface area contributed by atoms with E-state index in [-0.39, 0.29) is 30.1 Å². The Morgan fingerprint density at radius 2 is 1.97 bits per heavy atom. The van der Waals surface area contributed by atoms with Gasteiger partial charge in [-0.2, -0.15) is 0 Å². The van der Waals surface area contributed by atoms with Gasteiger partial charge in [0.2, 0.25) is 5.76 Å². The summed E-state index contributed by atoms with van der Waals surface area (Å²) in [5, 5.41) is 6.26. The average Bonchev–Trinajstić information content (AvgIpc) is 3.31. The van der Waals surface area contributed by atoms with Gasteiger partial charge in [0, 0.05) is 35.5 Å². The van der Waals surface area contributed by atoms with E-state index in [0.29, 0.717) is 23.1 Å². The van der Waals surface area contributed by atoms with Gasteiger partial charge in [0.1, 0.15) is 5.69 Å². The van der Waals surface area contributed by atoms with Crippen molar-refractivity contribution in [2.45, 2.75) is 32.4 Å². The Morgan fingerprint density at radius 3 is 2.70 bits per heavy atom. The number of rotatable bonds is 4. The van der Waals surface area contributed by atoms with Crippen molar-refractivity contribution in [2.75, 3.05) is 6.54 Å². The zero-order chi connectivity index (χ0) is 21.6. The normalized spacial score (nSPS) is 14.8. The van der Waals surface area contributed by atoms with Crippen LogP contribution in [0.3, 0.4) is 0 Å². The SMILES string of the molecule is C[C@@H](NC(=O)c1onc2c1CN(C(=O)c1cc3cc(F)c(F)cc3[nH]1)CC2)C(F)F. The minimum atomic E-state index is -2.75. The van der Waals surface area contributed by atoms with Crippen LogP contribution in [0.15, 0.2) is 22.7 Å². The van der Waals surface area contributed by atoms with Crippen LogP contribution in [0.2, 0.25) is 0 Å². The van der Waals surface area contributed by atoms with Crippen LogP contribution in [-0.4, -0.2) is 45.9 Å². The molecule has 2 amide bonds. The maximum atomic E-state index is 13.4. The van der Waals surface area contributed by atoms with Crippen LogP contribution in [0.1, 0.15) is 39.2 Å². The molecule has 4 rings (SSSR count). The zero-order valence-corrected chi connectivity index (χ0v) is 15.6. The fraction of sp³-hybridized carbons (Fsp3) is 0.316. The predicted octanol–water partition coefficient (Wildman–Crippen LogP) is 3.02. The molecule has 2 N–H and O–H groups in total. The summed E-state index contributed by atoms with van der Waals surface area (Å²) in [6.07, 6.45) is -2.45. The lowest BCUT2D eigenvalue weighted by atomic mass is 10.0. The average molecular weight is 424 g/mol. The number of benzene rings is 1. The van der Waals surface area contributed by atoms with E-state index in [4.69, 9.17) is 4.52 Å². The number of hydrogen-bond acceptors (Lipinski definition) is 4. The van der Waals surface area contributed by atoms with Gasteiger partial charge >= 0.3 is 0 Å². The van der Waals surface area contributed by atoms with E-state index in [2.05, 4.69) is 15.5 Å². The number of nitrogens with zero attached hydrogens (tertiary/aromatic N) is 2. The maximum Gasteiger partial charge on any atom is 0.290 e. The molecule has 0 spiro atoms. The molecule has 11 heteroatoms. The van der Waals surface area contributed by atoms with Gasteiger partial charge in [-0.1, -0.05) is 5.16 Å². The topological polar surface area (TPSA) is 91.2 Å². The van der Waals surface area contributed by atoms with E-state index in [1.165, 1.54) is 11.0 Å². The molecule has 30 heavy (non-hydrogen) atoms. The lowest BCUT2D eigenvalue weighted by Gasteiger charge is -2.26. The molecule has 0 saturated carbocycles. The lowest BCUT2D eigenvalue weighted by Crippen LogP contribution is -2.39. The Kier molecular flexibility index (Phi) is 4.96. The number of aromatic amines is 1. The number of alkyl halides is 2. The second kappa shape index (κ2) is 7.47. The summed E-state index contributed by atoms with van der Waals surface area (Å²) in [5.74, 6) is -3.59. The first-order valence-corrected chi connectivity index (χ1v) is 9.08. The highest BCUT2D eigenvalue weighted by molar-refractivity contribution is 5.98. The number of carbonyl (C=O) groups excluding carboxylic acids is 2. The van der Waals surface area contributed by atoms with Crippen molar-refractivity contribution in [3.8, 4) is 0 Å². The third kappa shape index (κ3) is 3.51. The van der Waals surface area contributed by atoms with Crippen molar-refractivity contribution in [2.24, 2.45) is 0 Å². The Balaban J connectivity index is 1.56. The number of fused-ring (bicyclic) bond motifs is 2. The Bertz CT molecular complexity index is 1100. The Morgan fingerprint density at radius 1 is 1.23 bits per heavy atom. The smallest absolute Gasteiger partial charge is 0.290 e. The van der Waals surface area contributed by atoms with E-state index in [9.17, 15) is 27.2 Å². The van der Waals surface area contributed by atoms with Gasteiger partial charge in [-0.25, -0.2) is 17.6 Å². The third-order valence-corrected chi connectivity index (χ3v) is 4.96. The van der Waals surface area contributed by atoms with Crippen LogP contribution < -0.4 is 5.32 Å². The molecule has 0 aliphatic carbocycles. The van der Waals surface area contributed by atoms with Gasteiger partial charge in [0.25, 0.3) is 18.2 Å². The van der Waals surface area contributed by atoms with Gasteiger partial charge in [0.05, 0.1) is 18.3 Å². The molecule has 0 unspecified atom stereocenters. The van der Waals surface area contributed by atoms with Crippen LogP contribution in [0.25, 0.3) is 10.9 Å². The molecule has 1 atom stereocenters. The first-order valence-electron chi connectivity index (χ1n) is 9.08.